The second kappa shape index (κ2) is 7.92. The molecule has 23 heavy (non-hydrogen) atoms. The molecule has 122 valence electrons. The van der Waals surface area contributed by atoms with E-state index in [2.05, 4.69) is 5.32 Å². The number of esters is 1. The molecule has 2 aromatic rings. The maximum absolute atomic E-state index is 12.1. The number of nitrogens with one attached hydrogen (secondary N) is 1. The van der Waals surface area contributed by atoms with Gasteiger partial charge >= 0.3 is 5.97 Å². The molecule has 0 bridgehead atoms. The Hall–Kier alpha value is -2.14. The molecule has 1 aromatic heterocycles. The molecule has 0 atom stereocenters. The van der Waals surface area contributed by atoms with E-state index in [1.54, 1.807) is 0 Å². The highest BCUT2D eigenvalue weighted by molar-refractivity contribution is 7.12. The minimum Gasteiger partial charge on any atom is -0.451 e. The molecule has 0 aliphatic heterocycles. The van der Waals surface area contributed by atoms with Crippen LogP contribution in [0.5, 0.6) is 0 Å². The van der Waals surface area contributed by atoms with Crippen molar-refractivity contribution in [3.8, 4) is 0 Å². The average Bonchev–Trinajstić information content (AvgIpc) is 2.99. The first-order chi connectivity index (χ1) is 11.1. The Morgan fingerprint density at radius 3 is 2.30 bits per heavy atom. The van der Waals surface area contributed by atoms with Crippen LogP contribution in [0, 0.1) is 6.92 Å². The van der Waals surface area contributed by atoms with Crippen LogP contribution in [0.2, 0.25) is 0 Å². The summed E-state index contributed by atoms with van der Waals surface area (Å²) in [5.41, 5.74) is 3.87. The Kier molecular flexibility index (Phi) is 5.93. The normalized spacial score (nSPS) is 10.4. The van der Waals surface area contributed by atoms with Crippen LogP contribution in [0.15, 0.2) is 29.6 Å². The lowest BCUT2D eigenvalue weighted by Gasteiger charge is -2.14. The Bertz CT molecular complexity index is 684. The molecule has 1 amide bonds. The van der Waals surface area contributed by atoms with E-state index in [4.69, 9.17) is 4.74 Å². The first-order valence-electron chi connectivity index (χ1n) is 7.68. The van der Waals surface area contributed by atoms with Crippen LogP contribution < -0.4 is 5.32 Å². The summed E-state index contributed by atoms with van der Waals surface area (Å²) in [5.74, 6) is -0.768. The van der Waals surface area contributed by atoms with Gasteiger partial charge in [0.15, 0.2) is 6.61 Å². The van der Waals surface area contributed by atoms with Gasteiger partial charge in [-0.2, -0.15) is 0 Å². The zero-order chi connectivity index (χ0) is 16.8. The highest BCUT2D eigenvalue weighted by Gasteiger charge is 2.15. The van der Waals surface area contributed by atoms with Gasteiger partial charge in [0.25, 0.3) is 5.91 Å². The fourth-order valence-corrected chi connectivity index (χ4v) is 3.17. The number of carbonyl (C=O) groups excluding carboxylic acids is 2. The van der Waals surface area contributed by atoms with Gasteiger partial charge in [-0.15, -0.1) is 11.3 Å². The topological polar surface area (TPSA) is 55.4 Å². The van der Waals surface area contributed by atoms with Crippen molar-refractivity contribution in [1.29, 1.82) is 0 Å². The highest BCUT2D eigenvalue weighted by Crippen LogP contribution is 2.22. The SMILES string of the molecule is CCc1cccc(CC)c1NC(=O)COC(=O)c1sccc1C. The number of ether oxygens (including phenoxy) is 1. The standard InChI is InChI=1S/C18H21NO3S/c1-4-13-7-6-8-14(5-2)16(13)19-15(20)11-22-18(21)17-12(3)9-10-23-17/h6-10H,4-5,11H2,1-3H3,(H,19,20). The predicted molar refractivity (Wildman–Crippen MR) is 93.2 cm³/mol. The van der Waals surface area contributed by atoms with E-state index in [0.29, 0.717) is 4.88 Å². The Morgan fingerprint density at radius 2 is 1.78 bits per heavy atom. The van der Waals surface area contributed by atoms with Crippen molar-refractivity contribution < 1.29 is 14.3 Å². The van der Waals surface area contributed by atoms with Gasteiger partial charge in [-0.3, -0.25) is 4.79 Å². The fourth-order valence-electron chi connectivity index (χ4n) is 2.36. The van der Waals surface area contributed by atoms with Gasteiger partial charge < -0.3 is 10.1 Å². The molecule has 4 nitrogen and oxygen atoms in total. The number of para-hydroxylation sites is 1. The van der Waals surface area contributed by atoms with E-state index in [-0.39, 0.29) is 12.5 Å². The van der Waals surface area contributed by atoms with Crippen molar-refractivity contribution in [3.63, 3.8) is 0 Å². The average molecular weight is 331 g/mol. The molecular weight excluding hydrogens is 310 g/mol. The second-order valence-corrected chi connectivity index (χ2v) is 6.13. The third kappa shape index (κ3) is 4.20. The van der Waals surface area contributed by atoms with Crippen molar-refractivity contribution in [2.45, 2.75) is 33.6 Å². The lowest BCUT2D eigenvalue weighted by molar-refractivity contribution is -0.119. The number of rotatable bonds is 6. The highest BCUT2D eigenvalue weighted by atomic mass is 32.1. The third-order valence-corrected chi connectivity index (χ3v) is 4.64. The van der Waals surface area contributed by atoms with E-state index in [0.717, 1.165) is 35.2 Å². The molecule has 0 aliphatic carbocycles. The number of carbonyl (C=O) groups is 2. The number of amides is 1. The van der Waals surface area contributed by atoms with Gasteiger partial charge in [0.2, 0.25) is 0 Å². The maximum atomic E-state index is 12.1. The van der Waals surface area contributed by atoms with Crippen LogP contribution >= 0.6 is 11.3 Å². The molecule has 0 fully saturated rings. The molecule has 0 saturated carbocycles. The Balaban J connectivity index is 2.00. The molecule has 0 saturated heterocycles. The fraction of sp³-hybridized carbons (Fsp3) is 0.333. The summed E-state index contributed by atoms with van der Waals surface area (Å²) in [6.45, 7) is 5.66. The van der Waals surface area contributed by atoms with Crippen molar-refractivity contribution in [1.82, 2.24) is 0 Å². The van der Waals surface area contributed by atoms with Gasteiger partial charge in [-0.1, -0.05) is 32.0 Å². The lowest BCUT2D eigenvalue weighted by Crippen LogP contribution is -2.22. The molecule has 0 radical (unpaired) electrons. The number of thiophene rings is 1. The minimum absolute atomic E-state index is 0.280. The summed E-state index contributed by atoms with van der Waals surface area (Å²) in [6, 6.07) is 7.84. The summed E-state index contributed by atoms with van der Waals surface area (Å²) < 4.78 is 5.11. The van der Waals surface area contributed by atoms with E-state index < -0.39 is 5.97 Å². The van der Waals surface area contributed by atoms with E-state index in [9.17, 15) is 9.59 Å². The number of hydrogen-bond donors (Lipinski definition) is 1. The zero-order valence-corrected chi connectivity index (χ0v) is 14.5. The molecule has 5 heteroatoms. The monoisotopic (exact) mass is 331 g/mol. The quantitative estimate of drug-likeness (QED) is 0.815. The minimum atomic E-state index is -0.452. The molecule has 1 aromatic carbocycles. The molecule has 0 aliphatic rings. The molecule has 0 spiro atoms. The van der Waals surface area contributed by atoms with Crippen molar-refractivity contribution in [2.75, 3.05) is 11.9 Å². The van der Waals surface area contributed by atoms with Crippen molar-refractivity contribution >= 4 is 28.9 Å². The van der Waals surface area contributed by atoms with Crippen LogP contribution in [0.25, 0.3) is 0 Å². The number of hydrogen-bond acceptors (Lipinski definition) is 4. The van der Waals surface area contributed by atoms with Gasteiger partial charge in [-0.25, -0.2) is 4.79 Å². The van der Waals surface area contributed by atoms with Crippen molar-refractivity contribution in [3.05, 3.63) is 51.2 Å². The summed E-state index contributed by atoms with van der Waals surface area (Å²) in [6.07, 6.45) is 1.66. The van der Waals surface area contributed by atoms with E-state index >= 15 is 0 Å². The van der Waals surface area contributed by atoms with Crippen LogP contribution in [0.4, 0.5) is 5.69 Å². The van der Waals surface area contributed by atoms with Crippen LogP contribution in [0.3, 0.4) is 0 Å². The summed E-state index contributed by atoms with van der Waals surface area (Å²) in [4.78, 5) is 24.6. The molecule has 0 unspecified atom stereocenters. The first kappa shape index (κ1) is 17.2. The zero-order valence-electron chi connectivity index (χ0n) is 13.6. The largest absolute Gasteiger partial charge is 0.451 e. The van der Waals surface area contributed by atoms with Gasteiger partial charge in [0, 0.05) is 5.69 Å². The maximum Gasteiger partial charge on any atom is 0.349 e. The molecular formula is C18H21NO3S. The van der Waals surface area contributed by atoms with Gasteiger partial charge in [0.05, 0.1) is 0 Å². The van der Waals surface area contributed by atoms with Crippen molar-refractivity contribution in [2.24, 2.45) is 0 Å². The predicted octanol–water partition coefficient (Wildman–Crippen LogP) is 3.98. The third-order valence-electron chi connectivity index (χ3n) is 3.65. The first-order valence-corrected chi connectivity index (χ1v) is 8.56. The van der Waals surface area contributed by atoms with E-state index in [1.165, 1.54) is 11.3 Å². The van der Waals surface area contributed by atoms with Gasteiger partial charge in [-0.05, 0) is 47.9 Å². The van der Waals surface area contributed by atoms with Crippen LogP contribution in [-0.2, 0) is 22.4 Å². The van der Waals surface area contributed by atoms with Crippen LogP contribution in [0.1, 0.15) is 40.2 Å². The lowest BCUT2D eigenvalue weighted by atomic mass is 10.0. The summed E-state index contributed by atoms with van der Waals surface area (Å²) in [5, 5.41) is 4.71. The van der Waals surface area contributed by atoms with E-state index in [1.807, 2.05) is 50.4 Å². The molecule has 2 rings (SSSR count). The summed E-state index contributed by atoms with van der Waals surface area (Å²) >= 11 is 1.32. The summed E-state index contributed by atoms with van der Waals surface area (Å²) in [7, 11) is 0. The smallest absolute Gasteiger partial charge is 0.349 e. The molecule has 1 N–H and O–H groups in total. The molecule has 1 heterocycles. The van der Waals surface area contributed by atoms with Gasteiger partial charge in [0.1, 0.15) is 4.88 Å². The van der Waals surface area contributed by atoms with Crippen LogP contribution in [-0.4, -0.2) is 18.5 Å². The number of benzene rings is 1. The second-order valence-electron chi connectivity index (χ2n) is 5.22. The Labute approximate surface area is 140 Å². The Morgan fingerprint density at radius 1 is 1.13 bits per heavy atom. The number of aryl methyl sites for hydroxylation is 3. The number of anilines is 1.